The molecule has 0 saturated carbocycles. The first-order valence-electron chi connectivity index (χ1n) is 13.2. The summed E-state index contributed by atoms with van der Waals surface area (Å²) < 4.78 is 38.5. The zero-order valence-corrected chi connectivity index (χ0v) is 22.3. The highest BCUT2D eigenvalue weighted by atomic mass is 16.6. The molecule has 0 atom stereocenters. The molecular weight excluding hydrogens is 466 g/mol. The lowest BCUT2D eigenvalue weighted by molar-refractivity contribution is -0.114. The number of carbonyl (C=O) groups excluding carboxylic acids is 1. The number of hydrogen-bond acceptors (Lipinski definition) is 8. The molecule has 0 aliphatic heterocycles. The molecule has 1 amide bonds. The normalized spacial score (nSPS) is 11.1. The Labute approximate surface area is 217 Å². The minimum atomic E-state index is -0.100. The van der Waals surface area contributed by atoms with Crippen molar-refractivity contribution >= 4 is 11.6 Å². The average molecular weight is 514 g/mol. The third kappa shape index (κ3) is 21.5. The number of benzene rings is 1. The standard InChI is InChI=1S/C27H47NO8/c1-3-4-5-6-7-12-30-13-14-31-15-16-32-17-18-33-19-20-34-21-22-35-23-24-36-27-10-8-26(9-11-27)28-25(2)29/h8-11H,3-7,12-24H2,1-2H3,(H,28,29). The van der Waals surface area contributed by atoms with Crippen LogP contribution in [0.5, 0.6) is 5.75 Å². The van der Waals surface area contributed by atoms with Crippen molar-refractivity contribution in [2.75, 3.05) is 91.2 Å². The first kappa shape index (κ1) is 32.3. The Morgan fingerprint density at radius 3 is 1.44 bits per heavy atom. The maximum Gasteiger partial charge on any atom is 0.221 e. The minimum absolute atomic E-state index is 0.100. The molecule has 0 unspecified atom stereocenters. The van der Waals surface area contributed by atoms with Gasteiger partial charge in [-0.05, 0) is 30.7 Å². The Hall–Kier alpha value is -1.75. The van der Waals surface area contributed by atoms with Gasteiger partial charge in [-0.2, -0.15) is 0 Å². The van der Waals surface area contributed by atoms with Crippen LogP contribution < -0.4 is 10.1 Å². The van der Waals surface area contributed by atoms with Gasteiger partial charge < -0.3 is 38.5 Å². The Morgan fingerprint density at radius 1 is 0.583 bits per heavy atom. The van der Waals surface area contributed by atoms with Crippen molar-refractivity contribution in [3.8, 4) is 5.75 Å². The molecule has 0 aromatic heterocycles. The monoisotopic (exact) mass is 513 g/mol. The first-order valence-corrected chi connectivity index (χ1v) is 13.2. The zero-order chi connectivity index (χ0) is 25.9. The molecule has 36 heavy (non-hydrogen) atoms. The molecule has 0 bridgehead atoms. The van der Waals surface area contributed by atoms with Crippen molar-refractivity contribution in [1.29, 1.82) is 0 Å². The highest BCUT2D eigenvalue weighted by Gasteiger charge is 1.98. The van der Waals surface area contributed by atoms with Gasteiger partial charge in [0.2, 0.25) is 5.91 Å². The SMILES string of the molecule is CCCCCCCOCCOCCOCCOCCOCCOCCOc1ccc(NC(C)=O)cc1. The van der Waals surface area contributed by atoms with Gasteiger partial charge in [0.15, 0.2) is 0 Å². The van der Waals surface area contributed by atoms with Crippen LogP contribution in [0.2, 0.25) is 0 Å². The van der Waals surface area contributed by atoms with Crippen LogP contribution in [-0.2, 0) is 33.2 Å². The summed E-state index contributed by atoms with van der Waals surface area (Å²) in [6.07, 6.45) is 6.28. The molecule has 0 aliphatic carbocycles. The predicted molar refractivity (Wildman–Crippen MR) is 140 cm³/mol. The molecule has 1 rings (SSSR count). The fraction of sp³-hybridized carbons (Fsp3) is 0.741. The van der Waals surface area contributed by atoms with Gasteiger partial charge in [-0.25, -0.2) is 0 Å². The lowest BCUT2D eigenvalue weighted by Crippen LogP contribution is -2.14. The van der Waals surface area contributed by atoms with E-state index < -0.39 is 0 Å². The second-order valence-corrected chi connectivity index (χ2v) is 8.14. The number of rotatable bonds is 26. The zero-order valence-electron chi connectivity index (χ0n) is 22.3. The summed E-state index contributed by atoms with van der Waals surface area (Å²) in [7, 11) is 0. The van der Waals surface area contributed by atoms with Crippen molar-refractivity contribution < 1.29 is 38.0 Å². The average Bonchev–Trinajstić information content (AvgIpc) is 2.87. The van der Waals surface area contributed by atoms with Crippen LogP contribution in [0.3, 0.4) is 0 Å². The van der Waals surface area contributed by atoms with Crippen LogP contribution in [0.15, 0.2) is 24.3 Å². The highest BCUT2D eigenvalue weighted by Crippen LogP contribution is 2.15. The number of hydrogen-bond donors (Lipinski definition) is 1. The molecule has 1 aromatic rings. The lowest BCUT2D eigenvalue weighted by atomic mass is 10.2. The van der Waals surface area contributed by atoms with Crippen LogP contribution in [0.1, 0.15) is 46.0 Å². The molecule has 9 heteroatoms. The van der Waals surface area contributed by atoms with E-state index in [1.807, 2.05) is 0 Å². The molecule has 1 N–H and O–H groups in total. The summed E-state index contributed by atoms with van der Waals surface area (Å²) in [5.41, 5.74) is 0.741. The van der Waals surface area contributed by atoms with Gasteiger partial charge in [-0.1, -0.05) is 32.6 Å². The van der Waals surface area contributed by atoms with E-state index >= 15 is 0 Å². The van der Waals surface area contributed by atoms with Crippen LogP contribution in [-0.4, -0.2) is 91.8 Å². The maximum atomic E-state index is 11.0. The van der Waals surface area contributed by atoms with Crippen LogP contribution in [0, 0.1) is 0 Å². The number of anilines is 1. The fourth-order valence-corrected chi connectivity index (χ4v) is 3.07. The summed E-state index contributed by atoms with van der Waals surface area (Å²) >= 11 is 0. The van der Waals surface area contributed by atoms with Gasteiger partial charge >= 0.3 is 0 Å². The maximum absolute atomic E-state index is 11.0. The number of unbranched alkanes of at least 4 members (excludes halogenated alkanes) is 4. The van der Waals surface area contributed by atoms with E-state index in [9.17, 15) is 4.79 Å². The predicted octanol–water partition coefficient (Wildman–Crippen LogP) is 4.09. The molecule has 0 aliphatic rings. The number of ether oxygens (including phenoxy) is 7. The second-order valence-electron chi connectivity index (χ2n) is 8.14. The summed E-state index contributed by atoms with van der Waals surface area (Å²) in [6, 6.07) is 7.20. The molecule has 9 nitrogen and oxygen atoms in total. The van der Waals surface area contributed by atoms with E-state index in [1.54, 1.807) is 24.3 Å². The molecule has 1 aromatic carbocycles. The summed E-state index contributed by atoms with van der Waals surface area (Å²) in [5.74, 6) is 0.628. The Bertz CT molecular complexity index is 614. The van der Waals surface area contributed by atoms with Gasteiger partial charge in [0.1, 0.15) is 12.4 Å². The molecule has 0 radical (unpaired) electrons. The summed E-state index contributed by atoms with van der Waals surface area (Å²) in [4.78, 5) is 11.0. The number of amides is 1. The van der Waals surface area contributed by atoms with Crippen LogP contribution in [0.25, 0.3) is 0 Å². The molecule has 0 heterocycles. The smallest absolute Gasteiger partial charge is 0.221 e. The fourth-order valence-electron chi connectivity index (χ4n) is 3.07. The molecule has 208 valence electrons. The van der Waals surface area contributed by atoms with E-state index in [4.69, 9.17) is 33.2 Å². The highest BCUT2D eigenvalue weighted by molar-refractivity contribution is 5.88. The second kappa shape index (κ2) is 24.9. The number of carbonyl (C=O) groups is 1. The Balaban J connectivity index is 1.72. The van der Waals surface area contributed by atoms with E-state index in [-0.39, 0.29) is 5.91 Å². The minimum Gasteiger partial charge on any atom is -0.491 e. The van der Waals surface area contributed by atoms with E-state index in [0.29, 0.717) is 79.3 Å². The molecule has 0 saturated heterocycles. The topological polar surface area (TPSA) is 93.7 Å². The lowest BCUT2D eigenvalue weighted by Gasteiger charge is -2.09. The largest absolute Gasteiger partial charge is 0.491 e. The van der Waals surface area contributed by atoms with E-state index in [1.165, 1.54) is 32.6 Å². The Morgan fingerprint density at radius 2 is 1.00 bits per heavy atom. The van der Waals surface area contributed by atoms with Crippen molar-refractivity contribution in [2.45, 2.75) is 46.0 Å². The van der Waals surface area contributed by atoms with Crippen LogP contribution in [0.4, 0.5) is 5.69 Å². The Kier molecular flexibility index (Phi) is 22.3. The van der Waals surface area contributed by atoms with E-state index in [0.717, 1.165) is 24.5 Å². The van der Waals surface area contributed by atoms with Crippen molar-refractivity contribution in [3.05, 3.63) is 24.3 Å². The molecule has 0 fully saturated rings. The van der Waals surface area contributed by atoms with Gasteiger partial charge in [0, 0.05) is 19.2 Å². The van der Waals surface area contributed by atoms with Gasteiger partial charge in [0.05, 0.1) is 72.7 Å². The third-order valence-corrected chi connectivity index (χ3v) is 4.92. The molecule has 0 spiro atoms. The van der Waals surface area contributed by atoms with Gasteiger partial charge in [-0.15, -0.1) is 0 Å². The van der Waals surface area contributed by atoms with E-state index in [2.05, 4.69) is 12.2 Å². The van der Waals surface area contributed by atoms with Gasteiger partial charge in [-0.3, -0.25) is 4.79 Å². The summed E-state index contributed by atoms with van der Waals surface area (Å²) in [5, 5.41) is 2.71. The number of nitrogens with one attached hydrogen (secondary N) is 1. The van der Waals surface area contributed by atoms with Gasteiger partial charge in [0.25, 0.3) is 0 Å². The molecular formula is C27H47NO8. The van der Waals surface area contributed by atoms with Crippen molar-refractivity contribution in [2.24, 2.45) is 0 Å². The quantitative estimate of drug-likeness (QED) is 0.185. The van der Waals surface area contributed by atoms with Crippen molar-refractivity contribution in [3.63, 3.8) is 0 Å². The van der Waals surface area contributed by atoms with Crippen molar-refractivity contribution in [1.82, 2.24) is 0 Å². The third-order valence-electron chi connectivity index (χ3n) is 4.92. The first-order chi connectivity index (χ1) is 17.7. The van der Waals surface area contributed by atoms with Crippen LogP contribution >= 0.6 is 0 Å². The summed E-state index contributed by atoms with van der Waals surface area (Å²) in [6.45, 7) is 10.9.